The third-order valence-electron chi connectivity index (χ3n) is 1.87. The van der Waals surface area contributed by atoms with E-state index in [1.165, 1.54) is 12.8 Å². The van der Waals surface area contributed by atoms with E-state index in [0.717, 1.165) is 11.5 Å². The van der Waals surface area contributed by atoms with Crippen LogP contribution in [-0.4, -0.2) is 13.2 Å². The molecule has 0 unspecified atom stereocenters. The normalized spacial score (nSPS) is 15.8. The molecule has 2 nitrogen and oxygen atoms in total. The maximum atomic E-state index is 5.59. The van der Waals surface area contributed by atoms with Gasteiger partial charge in [0.05, 0.1) is 13.2 Å². The molecule has 0 amide bonds. The van der Waals surface area contributed by atoms with Crippen molar-refractivity contribution >= 4 is 0 Å². The molecule has 0 atom stereocenters. The highest BCUT2D eigenvalue weighted by Gasteiger charge is 2.23. The molecular weight excluding hydrogens is 152 g/mol. The van der Waals surface area contributed by atoms with Gasteiger partial charge in [0.2, 0.25) is 0 Å². The number of benzene rings is 1. The van der Waals surface area contributed by atoms with Crippen molar-refractivity contribution < 1.29 is 9.47 Å². The summed E-state index contributed by atoms with van der Waals surface area (Å²) >= 11 is 0. The lowest BCUT2D eigenvalue weighted by molar-refractivity contribution is 0.301. The second kappa shape index (κ2) is 3.05. The van der Waals surface area contributed by atoms with Crippen molar-refractivity contribution in [2.45, 2.75) is 18.9 Å². The number of ether oxygens (including phenoxy) is 2. The molecule has 2 heteroatoms. The molecule has 2 rings (SSSR count). The Morgan fingerprint density at radius 3 is 2.67 bits per heavy atom. The molecule has 0 N–H and O–H groups in total. The molecule has 0 aliphatic heterocycles. The summed E-state index contributed by atoms with van der Waals surface area (Å²) in [7, 11) is 1.66. The number of hydrogen-bond donors (Lipinski definition) is 0. The molecule has 1 aromatic carbocycles. The minimum Gasteiger partial charge on any atom is -0.497 e. The maximum Gasteiger partial charge on any atom is 0.123 e. The second-order valence-corrected chi connectivity index (χ2v) is 3.00. The molecular formula is C10H12O2. The lowest BCUT2D eigenvalue weighted by Gasteiger charge is -2.05. The average molecular weight is 164 g/mol. The Bertz CT molecular complexity index is 266. The predicted octanol–water partition coefficient (Wildman–Crippen LogP) is 2.24. The van der Waals surface area contributed by atoms with Crippen molar-refractivity contribution in [3.8, 4) is 11.5 Å². The monoisotopic (exact) mass is 164 g/mol. The van der Waals surface area contributed by atoms with Crippen molar-refractivity contribution in [1.82, 2.24) is 0 Å². The van der Waals surface area contributed by atoms with Gasteiger partial charge in [0.25, 0.3) is 0 Å². The van der Waals surface area contributed by atoms with Crippen LogP contribution in [0.3, 0.4) is 0 Å². The van der Waals surface area contributed by atoms with E-state index >= 15 is 0 Å². The molecule has 1 aliphatic carbocycles. The summed E-state index contributed by atoms with van der Waals surface area (Å²) in [6.07, 6.45) is 2.84. The Balaban J connectivity index is 2.08. The predicted molar refractivity (Wildman–Crippen MR) is 46.6 cm³/mol. The summed E-state index contributed by atoms with van der Waals surface area (Å²) in [6.45, 7) is 0. The van der Waals surface area contributed by atoms with Crippen LogP contribution in [0.2, 0.25) is 0 Å². The van der Waals surface area contributed by atoms with Gasteiger partial charge >= 0.3 is 0 Å². The van der Waals surface area contributed by atoms with Crippen LogP contribution >= 0.6 is 0 Å². The first kappa shape index (κ1) is 7.47. The molecule has 64 valence electrons. The van der Waals surface area contributed by atoms with Gasteiger partial charge in [-0.15, -0.1) is 0 Å². The van der Waals surface area contributed by atoms with E-state index in [-0.39, 0.29) is 0 Å². The quantitative estimate of drug-likeness (QED) is 0.682. The summed E-state index contributed by atoms with van der Waals surface area (Å²) in [5.74, 6) is 1.77. The van der Waals surface area contributed by atoms with Gasteiger partial charge in [-0.2, -0.15) is 0 Å². The smallest absolute Gasteiger partial charge is 0.123 e. The Hall–Kier alpha value is -1.18. The Labute approximate surface area is 72.1 Å². The summed E-state index contributed by atoms with van der Waals surface area (Å²) in [4.78, 5) is 0. The highest BCUT2D eigenvalue weighted by Crippen LogP contribution is 2.28. The molecule has 1 saturated carbocycles. The largest absolute Gasteiger partial charge is 0.497 e. The molecule has 1 aromatic rings. The minimum absolute atomic E-state index is 0.456. The van der Waals surface area contributed by atoms with Gasteiger partial charge < -0.3 is 9.47 Å². The van der Waals surface area contributed by atoms with E-state index in [2.05, 4.69) is 0 Å². The fraction of sp³-hybridized carbons (Fsp3) is 0.400. The standard InChI is InChI=1S/C10H12O2/c1-11-9-3-2-4-10(7-9)12-8-5-6-8/h2-4,7-8H,5-6H2,1H3. The molecule has 1 fully saturated rings. The van der Waals surface area contributed by atoms with Crippen LogP contribution in [0, 0.1) is 0 Å². The second-order valence-electron chi connectivity index (χ2n) is 3.00. The zero-order valence-electron chi connectivity index (χ0n) is 7.12. The van der Waals surface area contributed by atoms with Crippen LogP contribution in [0.4, 0.5) is 0 Å². The van der Waals surface area contributed by atoms with E-state index in [1.54, 1.807) is 7.11 Å². The first-order chi connectivity index (χ1) is 5.88. The topological polar surface area (TPSA) is 18.5 Å². The molecule has 0 radical (unpaired) electrons. The molecule has 12 heavy (non-hydrogen) atoms. The van der Waals surface area contributed by atoms with Gasteiger partial charge in [-0.05, 0) is 25.0 Å². The fourth-order valence-electron chi connectivity index (χ4n) is 1.05. The van der Waals surface area contributed by atoms with E-state index in [4.69, 9.17) is 9.47 Å². The van der Waals surface area contributed by atoms with Crippen molar-refractivity contribution in [3.63, 3.8) is 0 Å². The van der Waals surface area contributed by atoms with E-state index in [0.29, 0.717) is 6.10 Å². The third-order valence-corrected chi connectivity index (χ3v) is 1.87. The van der Waals surface area contributed by atoms with Gasteiger partial charge in [0.1, 0.15) is 11.5 Å². The average Bonchev–Trinajstić information content (AvgIpc) is 2.89. The van der Waals surface area contributed by atoms with Crippen LogP contribution in [0.15, 0.2) is 24.3 Å². The van der Waals surface area contributed by atoms with E-state index < -0.39 is 0 Å². The lowest BCUT2D eigenvalue weighted by atomic mass is 10.3. The van der Waals surface area contributed by atoms with Crippen LogP contribution in [0.5, 0.6) is 11.5 Å². The lowest BCUT2D eigenvalue weighted by Crippen LogP contribution is -1.95. The van der Waals surface area contributed by atoms with Crippen LogP contribution in [0.1, 0.15) is 12.8 Å². The summed E-state index contributed by atoms with van der Waals surface area (Å²) in [5, 5.41) is 0. The van der Waals surface area contributed by atoms with Crippen LogP contribution < -0.4 is 9.47 Å². The summed E-state index contributed by atoms with van der Waals surface area (Å²) in [6, 6.07) is 7.73. The molecule has 0 bridgehead atoms. The van der Waals surface area contributed by atoms with Gasteiger partial charge in [-0.3, -0.25) is 0 Å². The summed E-state index contributed by atoms with van der Waals surface area (Å²) < 4.78 is 10.7. The molecule has 1 aliphatic rings. The van der Waals surface area contributed by atoms with Crippen molar-refractivity contribution in [1.29, 1.82) is 0 Å². The maximum absolute atomic E-state index is 5.59. The molecule has 0 spiro atoms. The first-order valence-corrected chi connectivity index (χ1v) is 4.19. The van der Waals surface area contributed by atoms with Gasteiger partial charge in [-0.1, -0.05) is 6.07 Å². The minimum atomic E-state index is 0.456. The van der Waals surface area contributed by atoms with E-state index in [9.17, 15) is 0 Å². The van der Waals surface area contributed by atoms with Crippen molar-refractivity contribution in [2.24, 2.45) is 0 Å². The number of rotatable bonds is 3. The van der Waals surface area contributed by atoms with Crippen LogP contribution in [0.25, 0.3) is 0 Å². The Morgan fingerprint density at radius 1 is 1.25 bits per heavy atom. The van der Waals surface area contributed by atoms with Crippen molar-refractivity contribution in [3.05, 3.63) is 24.3 Å². The van der Waals surface area contributed by atoms with Crippen molar-refractivity contribution in [2.75, 3.05) is 7.11 Å². The Morgan fingerprint density at radius 2 is 2.00 bits per heavy atom. The van der Waals surface area contributed by atoms with E-state index in [1.807, 2.05) is 24.3 Å². The third kappa shape index (κ3) is 1.70. The highest BCUT2D eigenvalue weighted by atomic mass is 16.5. The fourth-order valence-corrected chi connectivity index (χ4v) is 1.05. The molecule has 0 aromatic heterocycles. The first-order valence-electron chi connectivity index (χ1n) is 4.19. The number of methoxy groups -OCH3 is 1. The van der Waals surface area contributed by atoms with Gasteiger partial charge in [0, 0.05) is 6.07 Å². The highest BCUT2D eigenvalue weighted by molar-refractivity contribution is 5.33. The zero-order chi connectivity index (χ0) is 8.39. The zero-order valence-corrected chi connectivity index (χ0v) is 7.12. The van der Waals surface area contributed by atoms with Gasteiger partial charge in [0.15, 0.2) is 0 Å². The Kier molecular flexibility index (Phi) is 1.90. The molecule has 0 saturated heterocycles. The molecule has 0 heterocycles. The van der Waals surface area contributed by atoms with Crippen LogP contribution in [-0.2, 0) is 0 Å². The SMILES string of the molecule is COc1cccc(OC2CC2)c1. The summed E-state index contributed by atoms with van der Waals surface area (Å²) in [5.41, 5.74) is 0. The number of hydrogen-bond acceptors (Lipinski definition) is 2. The van der Waals surface area contributed by atoms with Gasteiger partial charge in [-0.25, -0.2) is 0 Å².